The van der Waals surface area contributed by atoms with Crippen LogP contribution in [-0.2, 0) is 20.9 Å². The Morgan fingerprint density at radius 3 is 1.40 bits per heavy atom. The number of benzene rings is 2. The molecule has 0 unspecified atom stereocenters. The number of rotatable bonds is 5. The van der Waals surface area contributed by atoms with Crippen molar-refractivity contribution in [3.63, 3.8) is 0 Å². The molecule has 30 heavy (non-hydrogen) atoms. The van der Waals surface area contributed by atoms with E-state index >= 15 is 0 Å². The van der Waals surface area contributed by atoms with Crippen molar-refractivity contribution in [1.29, 1.82) is 0 Å². The Labute approximate surface area is 184 Å². The summed E-state index contributed by atoms with van der Waals surface area (Å²) in [5, 5.41) is 0. The molecular weight excluding hydrogens is 390 g/mol. The number of para-hydroxylation sites is 1. The first-order chi connectivity index (χ1) is 13.6. The number of nitrogens with one attached hydrogen (secondary N) is 1. The molecule has 3 nitrogen and oxygen atoms in total. The van der Waals surface area contributed by atoms with Gasteiger partial charge in [-0.25, -0.2) is 8.42 Å². The van der Waals surface area contributed by atoms with Crippen LogP contribution in [0, 0.1) is 0 Å². The summed E-state index contributed by atoms with van der Waals surface area (Å²) in [4.78, 5) is 0.415. The van der Waals surface area contributed by atoms with Gasteiger partial charge in [0.15, 0.2) is 0 Å². The summed E-state index contributed by atoms with van der Waals surface area (Å²) < 4.78 is 31.0. The van der Waals surface area contributed by atoms with Crippen molar-refractivity contribution >= 4 is 15.7 Å². The Kier molecular flexibility index (Phi) is 6.83. The van der Waals surface area contributed by atoms with E-state index in [1.54, 1.807) is 0 Å². The van der Waals surface area contributed by atoms with Crippen LogP contribution in [0.1, 0.15) is 103 Å². The van der Waals surface area contributed by atoms with Crippen LogP contribution in [0.4, 0.5) is 5.69 Å². The number of sulfonamides is 1. The highest BCUT2D eigenvalue weighted by Crippen LogP contribution is 2.39. The Hall–Kier alpha value is -1.81. The Balaban J connectivity index is 2.83. The predicted molar refractivity (Wildman–Crippen MR) is 129 cm³/mol. The fraction of sp³-hybridized carbons (Fsp3) is 0.538. The molecule has 166 valence electrons. The van der Waals surface area contributed by atoms with Crippen LogP contribution in [0.5, 0.6) is 0 Å². The van der Waals surface area contributed by atoms with Gasteiger partial charge in [0.2, 0.25) is 0 Å². The summed E-state index contributed by atoms with van der Waals surface area (Å²) in [6, 6.07) is 11.9. The standard InChI is InChI=1S/C26H39NO2S/c1-17(2)19-13-11-14-20(18(3)4)23(19)27-30(28,29)24-21(25(5,6)7)15-12-16-22(24)26(8,9)10/h11-18,27H,1-10H3. The topological polar surface area (TPSA) is 46.2 Å². The van der Waals surface area contributed by atoms with Crippen molar-refractivity contribution < 1.29 is 8.42 Å². The minimum Gasteiger partial charge on any atom is -0.279 e. The van der Waals surface area contributed by atoms with E-state index in [1.165, 1.54) is 0 Å². The molecule has 0 aromatic heterocycles. The van der Waals surface area contributed by atoms with E-state index in [0.29, 0.717) is 4.90 Å². The Morgan fingerprint density at radius 1 is 0.700 bits per heavy atom. The van der Waals surface area contributed by atoms with E-state index in [2.05, 4.69) is 74.0 Å². The minimum absolute atomic E-state index is 0.210. The van der Waals surface area contributed by atoms with Crippen LogP contribution >= 0.6 is 0 Å². The maximum atomic E-state index is 14.0. The van der Waals surface area contributed by atoms with Crippen molar-refractivity contribution in [2.45, 2.75) is 96.8 Å². The van der Waals surface area contributed by atoms with Gasteiger partial charge in [-0.15, -0.1) is 0 Å². The molecule has 0 radical (unpaired) electrons. The maximum absolute atomic E-state index is 14.0. The second kappa shape index (κ2) is 8.37. The molecule has 1 N–H and O–H groups in total. The molecule has 0 saturated carbocycles. The molecule has 2 rings (SSSR count). The normalized spacial score (nSPS) is 13.2. The third-order valence-electron chi connectivity index (χ3n) is 5.51. The predicted octanol–water partition coefficient (Wildman–Crippen LogP) is 7.33. The minimum atomic E-state index is -3.80. The summed E-state index contributed by atoms with van der Waals surface area (Å²) in [6.07, 6.45) is 0. The van der Waals surface area contributed by atoms with Gasteiger partial charge in [0.05, 0.1) is 10.6 Å². The third-order valence-corrected chi connectivity index (χ3v) is 6.96. The highest BCUT2D eigenvalue weighted by atomic mass is 32.2. The number of hydrogen-bond donors (Lipinski definition) is 1. The SMILES string of the molecule is CC(C)c1cccc(C(C)C)c1NS(=O)(=O)c1c(C(C)(C)C)cccc1C(C)(C)C. The van der Waals surface area contributed by atoms with Crippen LogP contribution in [0.2, 0.25) is 0 Å². The summed E-state index contributed by atoms with van der Waals surface area (Å²) in [7, 11) is -3.80. The zero-order valence-electron chi connectivity index (χ0n) is 20.3. The van der Waals surface area contributed by atoms with Gasteiger partial charge in [0.25, 0.3) is 10.0 Å². The molecule has 0 aliphatic heterocycles. The van der Waals surface area contributed by atoms with E-state index in [4.69, 9.17) is 0 Å². The van der Waals surface area contributed by atoms with Gasteiger partial charge in [-0.05, 0) is 44.9 Å². The van der Waals surface area contributed by atoms with Crippen LogP contribution in [0.25, 0.3) is 0 Å². The average molecular weight is 430 g/mol. The number of anilines is 1. The first kappa shape index (κ1) is 24.5. The van der Waals surface area contributed by atoms with Crippen molar-refractivity contribution in [2.75, 3.05) is 4.72 Å². The summed E-state index contributed by atoms with van der Waals surface area (Å²) >= 11 is 0. The Bertz CT molecular complexity index is 946. The molecule has 0 saturated heterocycles. The van der Waals surface area contributed by atoms with Gasteiger partial charge < -0.3 is 0 Å². The van der Waals surface area contributed by atoms with Crippen LogP contribution in [-0.4, -0.2) is 8.42 Å². The molecule has 4 heteroatoms. The molecule has 0 amide bonds. The molecule has 0 aliphatic carbocycles. The molecule has 0 atom stereocenters. The Morgan fingerprint density at radius 2 is 1.07 bits per heavy atom. The lowest BCUT2D eigenvalue weighted by molar-refractivity contribution is 0.532. The highest BCUT2D eigenvalue weighted by Gasteiger charge is 2.33. The van der Waals surface area contributed by atoms with Gasteiger partial charge in [-0.2, -0.15) is 0 Å². The monoisotopic (exact) mass is 429 g/mol. The summed E-state index contributed by atoms with van der Waals surface area (Å²) in [5.74, 6) is 0.419. The molecule has 2 aromatic carbocycles. The van der Waals surface area contributed by atoms with Gasteiger partial charge in [0.1, 0.15) is 0 Å². The zero-order chi connectivity index (χ0) is 23.1. The lowest BCUT2D eigenvalue weighted by Gasteiger charge is -2.30. The molecule has 0 aliphatic rings. The second-order valence-corrected chi connectivity index (χ2v) is 12.5. The first-order valence-corrected chi connectivity index (χ1v) is 12.3. The van der Waals surface area contributed by atoms with E-state index in [1.807, 2.05) is 36.4 Å². The van der Waals surface area contributed by atoms with E-state index in [9.17, 15) is 8.42 Å². The van der Waals surface area contributed by atoms with Gasteiger partial charge in [0, 0.05) is 0 Å². The second-order valence-electron chi connectivity index (χ2n) is 10.9. The van der Waals surface area contributed by atoms with E-state index in [0.717, 1.165) is 27.9 Å². The van der Waals surface area contributed by atoms with Crippen LogP contribution in [0.3, 0.4) is 0 Å². The lowest BCUT2D eigenvalue weighted by Crippen LogP contribution is -2.27. The first-order valence-electron chi connectivity index (χ1n) is 10.9. The summed E-state index contributed by atoms with van der Waals surface area (Å²) in [6.45, 7) is 20.8. The van der Waals surface area contributed by atoms with E-state index in [-0.39, 0.29) is 22.7 Å². The largest absolute Gasteiger partial charge is 0.279 e. The molecule has 2 aromatic rings. The van der Waals surface area contributed by atoms with Crippen LogP contribution < -0.4 is 4.72 Å². The molecule has 0 bridgehead atoms. The van der Waals surface area contributed by atoms with Gasteiger partial charge in [-0.3, -0.25) is 4.72 Å². The van der Waals surface area contributed by atoms with Crippen molar-refractivity contribution in [2.24, 2.45) is 0 Å². The summed E-state index contributed by atoms with van der Waals surface area (Å²) in [5.41, 5.74) is 3.86. The van der Waals surface area contributed by atoms with Gasteiger partial charge in [-0.1, -0.05) is 106 Å². The maximum Gasteiger partial charge on any atom is 0.262 e. The quantitative estimate of drug-likeness (QED) is 0.541. The molecule has 0 spiro atoms. The average Bonchev–Trinajstić information content (AvgIpc) is 2.59. The zero-order valence-corrected chi connectivity index (χ0v) is 21.2. The fourth-order valence-electron chi connectivity index (χ4n) is 3.86. The molecule has 0 heterocycles. The fourth-order valence-corrected chi connectivity index (χ4v) is 5.80. The van der Waals surface area contributed by atoms with E-state index < -0.39 is 10.0 Å². The third kappa shape index (κ3) is 5.08. The smallest absolute Gasteiger partial charge is 0.262 e. The molecule has 0 fully saturated rings. The van der Waals surface area contributed by atoms with Gasteiger partial charge >= 0.3 is 0 Å². The van der Waals surface area contributed by atoms with Crippen molar-refractivity contribution in [1.82, 2.24) is 0 Å². The lowest BCUT2D eigenvalue weighted by atomic mass is 9.80. The molecular formula is C26H39NO2S. The number of hydrogen-bond acceptors (Lipinski definition) is 2. The van der Waals surface area contributed by atoms with Crippen LogP contribution in [0.15, 0.2) is 41.3 Å². The highest BCUT2D eigenvalue weighted by molar-refractivity contribution is 7.92. The van der Waals surface area contributed by atoms with Crippen molar-refractivity contribution in [3.05, 3.63) is 58.7 Å². The van der Waals surface area contributed by atoms with Crippen molar-refractivity contribution in [3.8, 4) is 0 Å².